The lowest BCUT2D eigenvalue weighted by atomic mass is 10.0. The third-order valence-electron chi connectivity index (χ3n) is 3.05. The molecule has 12 heavy (non-hydrogen) atoms. The first-order valence-corrected chi connectivity index (χ1v) is 5.15. The molecule has 0 aromatic carbocycles. The average molecular weight is 167 g/mol. The van der Waals surface area contributed by atoms with E-state index in [4.69, 9.17) is 0 Å². The van der Waals surface area contributed by atoms with Crippen molar-refractivity contribution in [2.75, 3.05) is 26.7 Å². The summed E-state index contributed by atoms with van der Waals surface area (Å²) in [5.41, 5.74) is 0. The standard InChI is InChI=1S/C10H19N2/c1-11-6-4-8-12-7-3-2-5-10(12)9-11/h9-10H,2-8H2,1H3/q+1. The molecule has 2 nitrogen and oxygen atoms in total. The van der Waals surface area contributed by atoms with Crippen molar-refractivity contribution >= 4 is 6.21 Å². The Bertz CT molecular complexity index is 186. The summed E-state index contributed by atoms with van der Waals surface area (Å²) in [6.45, 7) is 3.88. The summed E-state index contributed by atoms with van der Waals surface area (Å²) in [5.74, 6) is 0. The molecular weight excluding hydrogens is 148 g/mol. The van der Waals surface area contributed by atoms with E-state index in [0.717, 1.165) is 6.04 Å². The number of rotatable bonds is 0. The molecular formula is C10H19N2+. The Kier molecular flexibility index (Phi) is 2.45. The Morgan fingerprint density at radius 3 is 3.00 bits per heavy atom. The zero-order chi connectivity index (χ0) is 8.39. The minimum absolute atomic E-state index is 0.756. The molecule has 0 saturated carbocycles. The van der Waals surface area contributed by atoms with Gasteiger partial charge in [0.1, 0.15) is 13.6 Å². The molecule has 1 atom stereocenters. The highest BCUT2D eigenvalue weighted by Gasteiger charge is 2.25. The maximum atomic E-state index is 2.65. The smallest absolute Gasteiger partial charge is 0.156 e. The highest BCUT2D eigenvalue weighted by atomic mass is 15.2. The number of hydrogen-bond donors (Lipinski definition) is 0. The molecule has 0 bridgehead atoms. The van der Waals surface area contributed by atoms with E-state index in [1.54, 1.807) is 0 Å². The van der Waals surface area contributed by atoms with Crippen LogP contribution in [0, 0.1) is 0 Å². The maximum Gasteiger partial charge on any atom is 0.156 e. The van der Waals surface area contributed by atoms with Gasteiger partial charge in [-0.15, -0.1) is 0 Å². The topological polar surface area (TPSA) is 6.25 Å². The highest BCUT2D eigenvalue weighted by molar-refractivity contribution is 5.59. The molecule has 68 valence electrons. The lowest BCUT2D eigenvalue weighted by Crippen LogP contribution is -2.40. The molecule has 2 aliphatic rings. The van der Waals surface area contributed by atoms with Crippen LogP contribution < -0.4 is 0 Å². The van der Waals surface area contributed by atoms with Crippen LogP contribution in [0.3, 0.4) is 0 Å². The Morgan fingerprint density at radius 1 is 1.25 bits per heavy atom. The van der Waals surface area contributed by atoms with Gasteiger partial charge in [0.25, 0.3) is 0 Å². The van der Waals surface area contributed by atoms with E-state index in [9.17, 15) is 0 Å². The van der Waals surface area contributed by atoms with Gasteiger partial charge in [0.05, 0.1) is 6.04 Å². The molecule has 1 saturated heterocycles. The van der Waals surface area contributed by atoms with E-state index in [1.807, 2.05) is 0 Å². The molecule has 1 unspecified atom stereocenters. The summed E-state index contributed by atoms with van der Waals surface area (Å²) in [7, 11) is 2.21. The molecule has 0 radical (unpaired) electrons. The van der Waals surface area contributed by atoms with E-state index >= 15 is 0 Å². The molecule has 0 N–H and O–H groups in total. The van der Waals surface area contributed by atoms with E-state index in [1.165, 1.54) is 45.3 Å². The van der Waals surface area contributed by atoms with Gasteiger partial charge >= 0.3 is 0 Å². The minimum Gasteiger partial charge on any atom is -0.291 e. The van der Waals surface area contributed by atoms with Crippen molar-refractivity contribution in [3.05, 3.63) is 0 Å². The van der Waals surface area contributed by atoms with Crippen molar-refractivity contribution in [3.63, 3.8) is 0 Å². The van der Waals surface area contributed by atoms with Crippen LogP contribution in [0.5, 0.6) is 0 Å². The maximum absolute atomic E-state index is 2.65. The van der Waals surface area contributed by atoms with Gasteiger partial charge in [0.2, 0.25) is 0 Å². The van der Waals surface area contributed by atoms with Crippen molar-refractivity contribution in [2.45, 2.75) is 31.7 Å². The number of piperidine rings is 1. The van der Waals surface area contributed by atoms with Gasteiger partial charge in [-0.05, 0) is 19.4 Å². The van der Waals surface area contributed by atoms with E-state index in [-0.39, 0.29) is 0 Å². The molecule has 0 aromatic rings. The molecule has 0 amide bonds. The van der Waals surface area contributed by atoms with Crippen LogP contribution in [-0.2, 0) is 0 Å². The van der Waals surface area contributed by atoms with Gasteiger partial charge in [-0.1, -0.05) is 6.42 Å². The monoisotopic (exact) mass is 167 g/mol. The molecule has 2 heterocycles. The lowest BCUT2D eigenvalue weighted by molar-refractivity contribution is -0.492. The van der Waals surface area contributed by atoms with Crippen LogP contribution in [-0.4, -0.2) is 48.4 Å². The first-order chi connectivity index (χ1) is 5.86. The Balaban J connectivity index is 2.08. The zero-order valence-corrected chi connectivity index (χ0v) is 8.00. The average Bonchev–Trinajstić information content (AvgIpc) is 2.25. The van der Waals surface area contributed by atoms with Crippen LogP contribution in [0.4, 0.5) is 0 Å². The van der Waals surface area contributed by atoms with Crippen LogP contribution in [0.1, 0.15) is 25.7 Å². The fraction of sp³-hybridized carbons (Fsp3) is 0.900. The third-order valence-corrected chi connectivity index (χ3v) is 3.05. The summed E-state index contributed by atoms with van der Waals surface area (Å²) in [6.07, 6.45) is 7.97. The number of hydrogen-bond acceptors (Lipinski definition) is 1. The van der Waals surface area contributed by atoms with Gasteiger partial charge in [-0.2, -0.15) is 0 Å². The van der Waals surface area contributed by atoms with Crippen molar-refractivity contribution in [3.8, 4) is 0 Å². The normalized spacial score (nSPS) is 32.1. The predicted molar refractivity (Wildman–Crippen MR) is 50.9 cm³/mol. The van der Waals surface area contributed by atoms with Crippen molar-refractivity contribution in [1.82, 2.24) is 4.90 Å². The van der Waals surface area contributed by atoms with Gasteiger partial charge in [-0.25, -0.2) is 4.58 Å². The quantitative estimate of drug-likeness (QED) is 0.487. The van der Waals surface area contributed by atoms with E-state index in [0.29, 0.717) is 0 Å². The Morgan fingerprint density at radius 2 is 2.08 bits per heavy atom. The Hall–Kier alpha value is -0.370. The summed E-state index contributed by atoms with van der Waals surface area (Å²) >= 11 is 0. The van der Waals surface area contributed by atoms with Crippen LogP contribution in [0.25, 0.3) is 0 Å². The predicted octanol–water partition coefficient (Wildman–Crippen LogP) is 0.958. The van der Waals surface area contributed by atoms with Gasteiger partial charge < -0.3 is 0 Å². The summed E-state index contributed by atoms with van der Waals surface area (Å²) < 4.78 is 2.37. The first kappa shape index (κ1) is 8.24. The van der Waals surface area contributed by atoms with Crippen molar-refractivity contribution < 1.29 is 4.58 Å². The second-order valence-electron chi connectivity index (χ2n) is 4.08. The van der Waals surface area contributed by atoms with Gasteiger partial charge in [0, 0.05) is 13.0 Å². The number of fused-ring (bicyclic) bond motifs is 1. The first-order valence-electron chi connectivity index (χ1n) is 5.15. The third kappa shape index (κ3) is 1.69. The fourth-order valence-electron chi connectivity index (χ4n) is 2.35. The molecule has 2 aliphatic heterocycles. The second-order valence-corrected chi connectivity index (χ2v) is 4.08. The number of nitrogens with zero attached hydrogens (tertiary/aromatic N) is 2. The Labute approximate surface area is 74.9 Å². The summed E-state index contributed by atoms with van der Waals surface area (Å²) in [6, 6.07) is 0.756. The molecule has 0 spiro atoms. The largest absolute Gasteiger partial charge is 0.291 e. The summed E-state index contributed by atoms with van der Waals surface area (Å²) in [4.78, 5) is 2.65. The molecule has 0 aromatic heterocycles. The van der Waals surface area contributed by atoms with E-state index in [2.05, 4.69) is 22.7 Å². The van der Waals surface area contributed by atoms with Crippen molar-refractivity contribution in [1.29, 1.82) is 0 Å². The van der Waals surface area contributed by atoms with Gasteiger partial charge in [-0.3, -0.25) is 4.90 Å². The molecule has 1 fully saturated rings. The van der Waals surface area contributed by atoms with Crippen LogP contribution in [0.2, 0.25) is 0 Å². The molecule has 2 rings (SSSR count). The second kappa shape index (κ2) is 3.56. The minimum atomic E-state index is 0.756. The highest BCUT2D eigenvalue weighted by Crippen LogP contribution is 2.16. The van der Waals surface area contributed by atoms with E-state index < -0.39 is 0 Å². The summed E-state index contributed by atoms with van der Waals surface area (Å²) in [5, 5.41) is 0. The molecule has 0 aliphatic carbocycles. The fourth-order valence-corrected chi connectivity index (χ4v) is 2.35. The zero-order valence-electron chi connectivity index (χ0n) is 8.00. The van der Waals surface area contributed by atoms with Crippen LogP contribution >= 0.6 is 0 Å². The van der Waals surface area contributed by atoms with Gasteiger partial charge in [0.15, 0.2) is 6.21 Å². The molecule has 2 heteroatoms. The SMILES string of the molecule is C[N+]1=CC2CCCCN2CCC1. The van der Waals surface area contributed by atoms with Crippen molar-refractivity contribution in [2.24, 2.45) is 0 Å². The van der Waals surface area contributed by atoms with Crippen LogP contribution in [0.15, 0.2) is 0 Å². The lowest BCUT2D eigenvalue weighted by Gasteiger charge is -2.30.